The van der Waals surface area contributed by atoms with Crippen molar-refractivity contribution in [3.8, 4) is 0 Å². The van der Waals surface area contributed by atoms with E-state index in [2.05, 4.69) is 21.6 Å². The van der Waals surface area contributed by atoms with Crippen molar-refractivity contribution in [2.45, 2.75) is 63.3 Å². The molecule has 0 saturated carbocycles. The van der Waals surface area contributed by atoms with Crippen LogP contribution in [-0.2, 0) is 22.7 Å². The fraction of sp³-hybridized carbons (Fsp3) is 0.571. The van der Waals surface area contributed by atoms with Crippen molar-refractivity contribution < 1.29 is 14.4 Å². The van der Waals surface area contributed by atoms with Gasteiger partial charge in [-0.3, -0.25) is 24.6 Å². The van der Waals surface area contributed by atoms with E-state index in [-0.39, 0.29) is 24.1 Å². The lowest BCUT2D eigenvalue weighted by atomic mass is 10.0. The molecule has 148 valence electrons. The average molecular weight is 382 g/mol. The number of nitrogens with one attached hydrogen (secondary N) is 2. The number of piperidine rings is 1. The van der Waals surface area contributed by atoms with Crippen LogP contribution in [0.2, 0.25) is 0 Å². The number of imide groups is 1. The van der Waals surface area contributed by atoms with Gasteiger partial charge >= 0.3 is 0 Å². The lowest BCUT2D eigenvalue weighted by molar-refractivity contribution is -0.136. The van der Waals surface area contributed by atoms with E-state index in [9.17, 15) is 14.4 Å². The molecule has 2 N–H and O–H groups in total. The van der Waals surface area contributed by atoms with E-state index in [0.717, 1.165) is 30.8 Å². The second kappa shape index (κ2) is 6.97. The number of fused-ring (bicyclic) bond motifs is 3. The molecule has 3 unspecified atom stereocenters. The van der Waals surface area contributed by atoms with Gasteiger partial charge in [0.2, 0.25) is 11.8 Å². The topological polar surface area (TPSA) is 81.8 Å². The van der Waals surface area contributed by atoms with Crippen LogP contribution in [0.1, 0.15) is 53.6 Å². The van der Waals surface area contributed by atoms with Crippen LogP contribution in [0.15, 0.2) is 18.2 Å². The van der Waals surface area contributed by atoms with Gasteiger partial charge in [-0.25, -0.2) is 0 Å². The molecule has 0 aliphatic carbocycles. The summed E-state index contributed by atoms with van der Waals surface area (Å²) in [5, 5.41) is 5.89. The van der Waals surface area contributed by atoms with Gasteiger partial charge in [0.25, 0.3) is 5.91 Å². The predicted octanol–water partition coefficient (Wildman–Crippen LogP) is 0.774. The van der Waals surface area contributed by atoms with Gasteiger partial charge in [-0.05, 0) is 49.4 Å². The quantitative estimate of drug-likeness (QED) is 0.755. The maximum Gasteiger partial charge on any atom is 0.255 e. The summed E-state index contributed by atoms with van der Waals surface area (Å²) in [4.78, 5) is 40.8. The zero-order chi connectivity index (χ0) is 19.3. The molecule has 3 atom stereocenters. The van der Waals surface area contributed by atoms with E-state index in [1.807, 2.05) is 12.1 Å². The minimum absolute atomic E-state index is 0.0909. The SMILES string of the molecule is O=C1CCC(N2Cc3ccc(CN4C5CCNCC4CC5)cc3C2=O)C(=O)N1. The summed E-state index contributed by atoms with van der Waals surface area (Å²) in [6.45, 7) is 3.44. The van der Waals surface area contributed by atoms with Crippen molar-refractivity contribution >= 4 is 17.7 Å². The molecule has 0 radical (unpaired) electrons. The molecule has 7 nitrogen and oxygen atoms in total. The molecule has 28 heavy (non-hydrogen) atoms. The molecule has 1 aromatic carbocycles. The molecule has 4 heterocycles. The van der Waals surface area contributed by atoms with Gasteiger partial charge in [-0.2, -0.15) is 0 Å². The fourth-order valence-corrected chi connectivity index (χ4v) is 5.25. The highest BCUT2D eigenvalue weighted by Crippen LogP contribution is 2.32. The molecule has 3 saturated heterocycles. The highest BCUT2D eigenvalue weighted by atomic mass is 16.2. The van der Waals surface area contributed by atoms with Crippen molar-refractivity contribution in [1.29, 1.82) is 0 Å². The Labute approximate surface area is 164 Å². The van der Waals surface area contributed by atoms with E-state index in [4.69, 9.17) is 0 Å². The first-order chi connectivity index (χ1) is 13.6. The summed E-state index contributed by atoms with van der Waals surface area (Å²) in [5.41, 5.74) is 2.84. The molecule has 4 aliphatic heterocycles. The number of amides is 3. The summed E-state index contributed by atoms with van der Waals surface area (Å²) in [7, 11) is 0. The minimum Gasteiger partial charge on any atom is -0.322 e. The van der Waals surface area contributed by atoms with Crippen molar-refractivity contribution in [2.75, 3.05) is 13.1 Å². The third kappa shape index (κ3) is 3.02. The van der Waals surface area contributed by atoms with Gasteiger partial charge in [0.05, 0.1) is 0 Å². The molecule has 1 aromatic rings. The average Bonchev–Trinajstić information content (AvgIpc) is 3.11. The lowest BCUT2D eigenvalue weighted by Gasteiger charge is -2.29. The number of hydrogen-bond acceptors (Lipinski definition) is 5. The Morgan fingerprint density at radius 2 is 1.89 bits per heavy atom. The summed E-state index contributed by atoms with van der Waals surface area (Å²) < 4.78 is 0. The highest BCUT2D eigenvalue weighted by Gasteiger charge is 2.39. The Morgan fingerprint density at radius 1 is 1.04 bits per heavy atom. The fourth-order valence-electron chi connectivity index (χ4n) is 5.25. The number of benzene rings is 1. The molecule has 2 bridgehead atoms. The monoisotopic (exact) mass is 382 g/mol. The molecular weight excluding hydrogens is 356 g/mol. The van der Waals surface area contributed by atoms with Gasteiger partial charge in [0.15, 0.2) is 0 Å². The zero-order valence-corrected chi connectivity index (χ0v) is 15.9. The molecule has 5 rings (SSSR count). The zero-order valence-electron chi connectivity index (χ0n) is 15.9. The number of rotatable bonds is 3. The third-order valence-electron chi connectivity index (χ3n) is 6.76. The second-order valence-corrected chi connectivity index (χ2v) is 8.44. The molecular formula is C21H26N4O3. The number of hydrogen-bond donors (Lipinski definition) is 2. The van der Waals surface area contributed by atoms with Crippen LogP contribution < -0.4 is 10.6 Å². The van der Waals surface area contributed by atoms with Gasteiger partial charge in [0.1, 0.15) is 6.04 Å². The normalized spacial score (nSPS) is 30.4. The Balaban J connectivity index is 1.34. The Hall–Kier alpha value is -2.25. The maximum absolute atomic E-state index is 13.0. The standard InChI is InChI=1S/C21H26N4O3/c26-19-6-5-18(20(27)23-19)25-12-14-2-1-13(9-17(14)21(25)28)11-24-15-3-4-16(24)10-22-8-7-15/h1-2,9,15-16,18,22H,3-8,10-12H2,(H,23,26,27). The molecule has 4 aliphatic rings. The van der Waals surface area contributed by atoms with E-state index < -0.39 is 6.04 Å². The Morgan fingerprint density at radius 3 is 2.75 bits per heavy atom. The van der Waals surface area contributed by atoms with Gasteiger partial charge in [-0.15, -0.1) is 0 Å². The molecule has 0 aromatic heterocycles. The van der Waals surface area contributed by atoms with Crippen LogP contribution in [0.25, 0.3) is 0 Å². The number of nitrogens with zero attached hydrogens (tertiary/aromatic N) is 2. The van der Waals surface area contributed by atoms with E-state index in [1.165, 1.54) is 19.3 Å². The first-order valence-corrected chi connectivity index (χ1v) is 10.3. The van der Waals surface area contributed by atoms with Gasteiger partial charge < -0.3 is 10.2 Å². The van der Waals surface area contributed by atoms with Crippen molar-refractivity contribution in [3.63, 3.8) is 0 Å². The second-order valence-electron chi connectivity index (χ2n) is 8.44. The lowest BCUT2D eigenvalue weighted by Crippen LogP contribution is -2.52. The van der Waals surface area contributed by atoms with Crippen LogP contribution in [0.5, 0.6) is 0 Å². The predicted molar refractivity (Wildman–Crippen MR) is 102 cm³/mol. The summed E-state index contributed by atoms with van der Waals surface area (Å²) in [6.07, 6.45) is 4.38. The van der Waals surface area contributed by atoms with Crippen LogP contribution >= 0.6 is 0 Å². The summed E-state index contributed by atoms with van der Waals surface area (Å²) in [6, 6.07) is 6.83. The largest absolute Gasteiger partial charge is 0.322 e. The van der Waals surface area contributed by atoms with Crippen molar-refractivity contribution in [1.82, 2.24) is 20.4 Å². The summed E-state index contributed by atoms with van der Waals surface area (Å²) in [5.74, 6) is -0.701. The van der Waals surface area contributed by atoms with Crippen LogP contribution in [0.4, 0.5) is 0 Å². The highest BCUT2D eigenvalue weighted by molar-refractivity contribution is 6.05. The van der Waals surface area contributed by atoms with Crippen LogP contribution in [0.3, 0.4) is 0 Å². The summed E-state index contributed by atoms with van der Waals surface area (Å²) >= 11 is 0. The smallest absolute Gasteiger partial charge is 0.255 e. The maximum atomic E-state index is 13.0. The molecule has 0 spiro atoms. The van der Waals surface area contributed by atoms with Crippen LogP contribution in [0, 0.1) is 0 Å². The molecule has 3 amide bonds. The van der Waals surface area contributed by atoms with Crippen LogP contribution in [-0.4, -0.2) is 58.7 Å². The van der Waals surface area contributed by atoms with E-state index in [0.29, 0.717) is 30.6 Å². The van der Waals surface area contributed by atoms with Crippen molar-refractivity contribution in [3.05, 3.63) is 34.9 Å². The first kappa shape index (κ1) is 17.8. The number of carbonyl (C=O) groups is 3. The Bertz CT molecular complexity index is 825. The van der Waals surface area contributed by atoms with Gasteiger partial charge in [-0.1, -0.05) is 12.1 Å². The first-order valence-electron chi connectivity index (χ1n) is 10.3. The minimum atomic E-state index is -0.548. The van der Waals surface area contributed by atoms with Crippen molar-refractivity contribution in [2.24, 2.45) is 0 Å². The van der Waals surface area contributed by atoms with Gasteiger partial charge in [0, 0.05) is 43.7 Å². The Kier molecular flexibility index (Phi) is 4.44. The molecule has 7 heteroatoms. The third-order valence-corrected chi connectivity index (χ3v) is 6.76. The molecule has 3 fully saturated rings. The van der Waals surface area contributed by atoms with E-state index >= 15 is 0 Å². The number of carbonyl (C=O) groups excluding carboxylic acids is 3. The van der Waals surface area contributed by atoms with E-state index in [1.54, 1.807) is 4.90 Å².